The molecule has 1 rings (SSSR count). The van der Waals surface area contributed by atoms with Gasteiger partial charge in [-0.2, -0.15) is 0 Å². The highest BCUT2D eigenvalue weighted by Gasteiger charge is 2.31. The van der Waals surface area contributed by atoms with E-state index >= 15 is 0 Å². The van der Waals surface area contributed by atoms with Crippen LogP contribution in [0.1, 0.15) is 20.8 Å². The summed E-state index contributed by atoms with van der Waals surface area (Å²) in [4.78, 5) is 4.87. The lowest BCUT2D eigenvalue weighted by atomic mass is 9.99. The van der Waals surface area contributed by atoms with Crippen molar-refractivity contribution < 1.29 is 5.11 Å². The summed E-state index contributed by atoms with van der Waals surface area (Å²) < 4.78 is 0. The van der Waals surface area contributed by atoms with Gasteiger partial charge >= 0.3 is 0 Å². The fourth-order valence-electron chi connectivity index (χ4n) is 2.00. The lowest BCUT2D eigenvalue weighted by Crippen LogP contribution is -2.58. The molecule has 0 aromatic heterocycles. The molecule has 1 aliphatic rings. The van der Waals surface area contributed by atoms with Crippen molar-refractivity contribution >= 4 is 0 Å². The molecule has 3 heteroatoms. The van der Waals surface area contributed by atoms with E-state index in [1.54, 1.807) is 0 Å². The van der Waals surface area contributed by atoms with Crippen LogP contribution in [0.2, 0.25) is 0 Å². The third-order valence-electron chi connectivity index (χ3n) is 3.28. The van der Waals surface area contributed by atoms with Crippen molar-refractivity contribution in [1.29, 1.82) is 0 Å². The van der Waals surface area contributed by atoms with E-state index in [-0.39, 0.29) is 5.54 Å². The second-order valence-corrected chi connectivity index (χ2v) is 5.26. The third kappa shape index (κ3) is 2.94. The molecule has 14 heavy (non-hydrogen) atoms. The Balaban J connectivity index is 2.43. The highest BCUT2D eigenvalue weighted by molar-refractivity contribution is 4.88. The molecule has 0 aromatic rings. The topological polar surface area (TPSA) is 26.7 Å². The van der Waals surface area contributed by atoms with Gasteiger partial charge in [-0.15, -0.1) is 0 Å². The van der Waals surface area contributed by atoms with Crippen molar-refractivity contribution in [2.24, 2.45) is 5.92 Å². The first-order chi connectivity index (χ1) is 6.45. The largest absolute Gasteiger partial charge is 0.396 e. The molecule has 1 saturated heterocycles. The van der Waals surface area contributed by atoms with Crippen molar-refractivity contribution in [2.75, 3.05) is 39.8 Å². The fourth-order valence-corrected chi connectivity index (χ4v) is 2.00. The summed E-state index contributed by atoms with van der Waals surface area (Å²) in [6, 6.07) is 0. The molecule has 0 radical (unpaired) electrons. The lowest BCUT2D eigenvalue weighted by Gasteiger charge is -2.45. The molecule has 3 nitrogen and oxygen atoms in total. The summed E-state index contributed by atoms with van der Waals surface area (Å²) in [6.45, 7) is 11.3. The van der Waals surface area contributed by atoms with Crippen LogP contribution < -0.4 is 0 Å². The van der Waals surface area contributed by atoms with Gasteiger partial charge in [0.05, 0.1) is 0 Å². The van der Waals surface area contributed by atoms with E-state index in [4.69, 9.17) is 5.11 Å². The molecule has 0 spiro atoms. The molecule has 0 saturated carbocycles. The summed E-state index contributed by atoms with van der Waals surface area (Å²) in [7, 11) is 2.19. The highest BCUT2D eigenvalue weighted by Crippen LogP contribution is 2.19. The Kier molecular flexibility index (Phi) is 3.93. The quantitative estimate of drug-likeness (QED) is 0.724. The SMILES string of the molecule is CC(CO)CN1CCN(C)C(C)(C)C1. The molecule has 1 fully saturated rings. The zero-order valence-corrected chi connectivity index (χ0v) is 9.95. The van der Waals surface area contributed by atoms with Crippen LogP contribution in [0.15, 0.2) is 0 Å². The van der Waals surface area contributed by atoms with Crippen molar-refractivity contribution in [2.45, 2.75) is 26.3 Å². The van der Waals surface area contributed by atoms with E-state index in [2.05, 4.69) is 37.6 Å². The minimum atomic E-state index is 0.271. The molecule has 0 bridgehead atoms. The van der Waals surface area contributed by atoms with Crippen LogP contribution in [0, 0.1) is 5.92 Å². The van der Waals surface area contributed by atoms with E-state index in [0.29, 0.717) is 12.5 Å². The average Bonchev–Trinajstić information content (AvgIpc) is 2.11. The van der Waals surface area contributed by atoms with Crippen LogP contribution in [0.25, 0.3) is 0 Å². The van der Waals surface area contributed by atoms with Crippen LogP contribution in [-0.4, -0.2) is 60.3 Å². The van der Waals surface area contributed by atoms with Crippen LogP contribution in [-0.2, 0) is 0 Å². The molecule has 1 N–H and O–H groups in total. The van der Waals surface area contributed by atoms with E-state index in [0.717, 1.165) is 26.2 Å². The third-order valence-corrected chi connectivity index (χ3v) is 3.28. The Morgan fingerprint density at radius 3 is 2.50 bits per heavy atom. The summed E-state index contributed by atoms with van der Waals surface area (Å²) in [5, 5.41) is 9.01. The monoisotopic (exact) mass is 200 g/mol. The normalized spacial score (nSPS) is 26.4. The zero-order valence-electron chi connectivity index (χ0n) is 9.95. The fraction of sp³-hybridized carbons (Fsp3) is 1.00. The van der Waals surface area contributed by atoms with Crippen LogP contribution in [0.4, 0.5) is 0 Å². The van der Waals surface area contributed by atoms with Gasteiger partial charge in [0.2, 0.25) is 0 Å². The standard InChI is InChI=1S/C11H24N2O/c1-10(8-14)7-13-6-5-12(4)11(2,3)9-13/h10,14H,5-9H2,1-4H3. The van der Waals surface area contributed by atoms with Gasteiger partial charge in [-0.05, 0) is 26.8 Å². The minimum absolute atomic E-state index is 0.271. The Bertz CT molecular complexity index is 182. The van der Waals surface area contributed by atoms with E-state index in [9.17, 15) is 0 Å². The van der Waals surface area contributed by atoms with E-state index < -0.39 is 0 Å². The van der Waals surface area contributed by atoms with Crippen LogP contribution >= 0.6 is 0 Å². The van der Waals surface area contributed by atoms with Crippen molar-refractivity contribution in [3.63, 3.8) is 0 Å². The summed E-state index contributed by atoms with van der Waals surface area (Å²) in [5.74, 6) is 0.397. The molecule has 84 valence electrons. The molecular formula is C11H24N2O. The Hall–Kier alpha value is -0.120. The van der Waals surface area contributed by atoms with Crippen LogP contribution in [0.3, 0.4) is 0 Å². The zero-order chi connectivity index (χ0) is 10.8. The maximum Gasteiger partial charge on any atom is 0.0468 e. The lowest BCUT2D eigenvalue weighted by molar-refractivity contribution is 0.0284. The van der Waals surface area contributed by atoms with Gasteiger partial charge in [0.1, 0.15) is 0 Å². The Labute approximate surface area is 87.7 Å². The molecule has 0 aromatic carbocycles. The molecule has 1 unspecified atom stereocenters. The number of hydrogen-bond donors (Lipinski definition) is 1. The van der Waals surface area contributed by atoms with Crippen LogP contribution in [0.5, 0.6) is 0 Å². The van der Waals surface area contributed by atoms with Gasteiger partial charge in [0.25, 0.3) is 0 Å². The second kappa shape index (κ2) is 4.60. The molecule has 0 amide bonds. The van der Waals surface area contributed by atoms with Crippen molar-refractivity contribution in [3.8, 4) is 0 Å². The predicted molar refractivity (Wildman–Crippen MR) is 59.4 cm³/mol. The number of aliphatic hydroxyl groups excluding tert-OH is 1. The second-order valence-electron chi connectivity index (χ2n) is 5.26. The van der Waals surface area contributed by atoms with Gasteiger partial charge in [-0.1, -0.05) is 6.92 Å². The summed E-state index contributed by atoms with van der Waals surface area (Å²) in [5.41, 5.74) is 0.271. The Morgan fingerprint density at radius 1 is 1.36 bits per heavy atom. The number of likely N-dealkylation sites (N-methyl/N-ethyl adjacent to an activating group) is 1. The van der Waals surface area contributed by atoms with Gasteiger partial charge in [-0.3, -0.25) is 9.80 Å². The number of nitrogens with zero attached hydrogens (tertiary/aromatic N) is 2. The number of aliphatic hydroxyl groups is 1. The maximum atomic E-state index is 9.01. The van der Waals surface area contributed by atoms with Crippen molar-refractivity contribution in [3.05, 3.63) is 0 Å². The first-order valence-corrected chi connectivity index (χ1v) is 5.50. The van der Waals surface area contributed by atoms with Gasteiger partial charge < -0.3 is 5.11 Å². The maximum absolute atomic E-state index is 9.01. The average molecular weight is 200 g/mol. The smallest absolute Gasteiger partial charge is 0.0468 e. The molecule has 0 aliphatic carbocycles. The number of piperazine rings is 1. The first-order valence-electron chi connectivity index (χ1n) is 5.50. The minimum Gasteiger partial charge on any atom is -0.396 e. The summed E-state index contributed by atoms with van der Waals surface area (Å²) >= 11 is 0. The van der Waals surface area contributed by atoms with Crippen molar-refractivity contribution in [1.82, 2.24) is 9.80 Å². The molecular weight excluding hydrogens is 176 g/mol. The highest BCUT2D eigenvalue weighted by atomic mass is 16.3. The van der Waals surface area contributed by atoms with E-state index in [1.807, 2.05) is 0 Å². The molecule has 1 heterocycles. The number of rotatable bonds is 3. The van der Waals surface area contributed by atoms with E-state index in [1.165, 1.54) is 0 Å². The van der Waals surface area contributed by atoms with Gasteiger partial charge in [0, 0.05) is 38.3 Å². The Morgan fingerprint density at radius 2 is 2.00 bits per heavy atom. The first kappa shape index (κ1) is 12.0. The predicted octanol–water partition coefficient (Wildman–Crippen LogP) is 0.641. The summed E-state index contributed by atoms with van der Waals surface area (Å²) in [6.07, 6.45) is 0. The molecule has 1 atom stereocenters. The van der Waals surface area contributed by atoms with Gasteiger partial charge in [-0.25, -0.2) is 0 Å². The number of hydrogen-bond acceptors (Lipinski definition) is 3. The van der Waals surface area contributed by atoms with Gasteiger partial charge in [0.15, 0.2) is 0 Å². The molecule has 1 aliphatic heterocycles.